The van der Waals surface area contributed by atoms with E-state index < -0.39 is 0 Å². The maximum Gasteiger partial charge on any atom is 0.318 e. The SMILES string of the molecule is CNC(C)c1nnc(N2CCC(C)CC2C)o1. The van der Waals surface area contributed by atoms with Crippen molar-refractivity contribution in [3.63, 3.8) is 0 Å². The zero-order chi connectivity index (χ0) is 12.4. The largest absolute Gasteiger partial charge is 0.406 e. The quantitative estimate of drug-likeness (QED) is 0.872. The van der Waals surface area contributed by atoms with Crippen molar-refractivity contribution in [2.75, 3.05) is 18.5 Å². The van der Waals surface area contributed by atoms with Crippen LogP contribution in [-0.4, -0.2) is 29.8 Å². The van der Waals surface area contributed by atoms with Crippen LogP contribution in [0.3, 0.4) is 0 Å². The van der Waals surface area contributed by atoms with E-state index in [1.54, 1.807) is 0 Å². The van der Waals surface area contributed by atoms with Crippen LogP contribution in [0.4, 0.5) is 6.01 Å². The Morgan fingerprint density at radius 1 is 1.41 bits per heavy atom. The molecule has 2 heterocycles. The average Bonchev–Trinajstić information content (AvgIpc) is 2.77. The molecule has 0 saturated carbocycles. The first-order valence-corrected chi connectivity index (χ1v) is 6.39. The van der Waals surface area contributed by atoms with Crippen LogP contribution >= 0.6 is 0 Å². The van der Waals surface area contributed by atoms with Crippen LogP contribution in [0.1, 0.15) is 45.5 Å². The minimum Gasteiger partial charge on any atom is -0.406 e. The van der Waals surface area contributed by atoms with E-state index in [-0.39, 0.29) is 6.04 Å². The van der Waals surface area contributed by atoms with Gasteiger partial charge in [-0.05, 0) is 39.7 Å². The Bertz CT molecular complexity index is 365. The number of hydrogen-bond donors (Lipinski definition) is 1. The Hall–Kier alpha value is -1.10. The molecule has 0 aliphatic carbocycles. The summed E-state index contributed by atoms with van der Waals surface area (Å²) >= 11 is 0. The van der Waals surface area contributed by atoms with Crippen LogP contribution < -0.4 is 10.2 Å². The monoisotopic (exact) mass is 238 g/mol. The standard InChI is InChI=1S/C12H22N4O/c1-8-5-6-16(9(2)7-8)12-15-14-11(17-12)10(3)13-4/h8-10,13H,5-7H2,1-4H3. The second kappa shape index (κ2) is 5.04. The number of nitrogens with one attached hydrogen (secondary N) is 1. The Labute approximate surface area is 103 Å². The second-order valence-electron chi connectivity index (χ2n) is 5.11. The molecule has 0 amide bonds. The molecule has 1 N–H and O–H groups in total. The van der Waals surface area contributed by atoms with Gasteiger partial charge >= 0.3 is 6.01 Å². The van der Waals surface area contributed by atoms with Crippen molar-refractivity contribution in [1.29, 1.82) is 0 Å². The Balaban J connectivity index is 2.09. The molecule has 0 aromatic carbocycles. The van der Waals surface area contributed by atoms with E-state index in [0.29, 0.717) is 17.9 Å². The predicted octanol–water partition coefficient (Wildman–Crippen LogP) is 1.97. The molecule has 1 aromatic rings. The fraction of sp³-hybridized carbons (Fsp3) is 0.833. The third-order valence-electron chi connectivity index (χ3n) is 3.62. The number of hydrogen-bond acceptors (Lipinski definition) is 5. The average molecular weight is 238 g/mol. The number of anilines is 1. The summed E-state index contributed by atoms with van der Waals surface area (Å²) < 4.78 is 5.72. The molecule has 3 atom stereocenters. The van der Waals surface area contributed by atoms with Crippen LogP contribution in [-0.2, 0) is 0 Å². The molecule has 5 nitrogen and oxygen atoms in total. The van der Waals surface area contributed by atoms with Crippen LogP contribution in [0.2, 0.25) is 0 Å². The van der Waals surface area contributed by atoms with Crippen LogP contribution in [0.15, 0.2) is 4.42 Å². The van der Waals surface area contributed by atoms with Gasteiger partial charge in [-0.15, -0.1) is 5.10 Å². The first-order valence-electron chi connectivity index (χ1n) is 6.39. The van der Waals surface area contributed by atoms with E-state index in [2.05, 4.69) is 34.3 Å². The van der Waals surface area contributed by atoms with Gasteiger partial charge in [0.2, 0.25) is 5.89 Å². The molecule has 0 radical (unpaired) electrons. The molecular weight excluding hydrogens is 216 g/mol. The van der Waals surface area contributed by atoms with Crippen LogP contribution in [0.25, 0.3) is 0 Å². The molecule has 0 spiro atoms. The van der Waals surface area contributed by atoms with Gasteiger partial charge in [-0.1, -0.05) is 12.0 Å². The van der Waals surface area contributed by atoms with E-state index in [4.69, 9.17) is 4.42 Å². The zero-order valence-electron chi connectivity index (χ0n) is 11.1. The van der Waals surface area contributed by atoms with E-state index in [1.165, 1.54) is 12.8 Å². The molecule has 0 bridgehead atoms. The number of piperidine rings is 1. The fourth-order valence-electron chi connectivity index (χ4n) is 2.33. The third kappa shape index (κ3) is 2.60. The van der Waals surface area contributed by atoms with Gasteiger partial charge in [0, 0.05) is 12.6 Å². The van der Waals surface area contributed by atoms with Gasteiger partial charge in [0.15, 0.2) is 0 Å². The summed E-state index contributed by atoms with van der Waals surface area (Å²) in [6, 6.07) is 1.26. The Kier molecular flexibility index (Phi) is 3.66. The molecule has 2 rings (SSSR count). The summed E-state index contributed by atoms with van der Waals surface area (Å²) in [6.07, 6.45) is 2.39. The van der Waals surface area contributed by atoms with Gasteiger partial charge in [0.25, 0.3) is 0 Å². The van der Waals surface area contributed by atoms with E-state index in [1.807, 2.05) is 14.0 Å². The number of aromatic nitrogens is 2. The maximum atomic E-state index is 5.72. The number of nitrogens with zero attached hydrogens (tertiary/aromatic N) is 3. The fourth-order valence-corrected chi connectivity index (χ4v) is 2.33. The molecular formula is C12H22N4O. The van der Waals surface area contributed by atoms with Gasteiger partial charge in [-0.2, -0.15) is 0 Å². The van der Waals surface area contributed by atoms with E-state index >= 15 is 0 Å². The van der Waals surface area contributed by atoms with Crippen molar-refractivity contribution in [2.24, 2.45) is 5.92 Å². The molecule has 1 saturated heterocycles. The van der Waals surface area contributed by atoms with E-state index in [9.17, 15) is 0 Å². The lowest BCUT2D eigenvalue weighted by Crippen LogP contribution is -2.40. The van der Waals surface area contributed by atoms with Crippen LogP contribution in [0, 0.1) is 5.92 Å². The molecule has 5 heteroatoms. The van der Waals surface area contributed by atoms with E-state index in [0.717, 1.165) is 12.5 Å². The van der Waals surface area contributed by atoms with Gasteiger partial charge in [0.1, 0.15) is 0 Å². The lowest BCUT2D eigenvalue weighted by atomic mass is 9.94. The Morgan fingerprint density at radius 3 is 2.82 bits per heavy atom. The lowest BCUT2D eigenvalue weighted by molar-refractivity contribution is 0.348. The van der Waals surface area contributed by atoms with Gasteiger partial charge < -0.3 is 14.6 Å². The molecule has 1 aliphatic rings. The number of rotatable bonds is 3. The summed E-state index contributed by atoms with van der Waals surface area (Å²) in [4.78, 5) is 2.22. The summed E-state index contributed by atoms with van der Waals surface area (Å²) in [5.41, 5.74) is 0. The summed E-state index contributed by atoms with van der Waals surface area (Å²) in [6.45, 7) is 7.55. The molecule has 1 aliphatic heterocycles. The highest BCUT2D eigenvalue weighted by Gasteiger charge is 2.27. The highest BCUT2D eigenvalue weighted by molar-refractivity contribution is 5.27. The molecule has 96 valence electrons. The highest BCUT2D eigenvalue weighted by atomic mass is 16.4. The van der Waals surface area contributed by atoms with Crippen molar-refractivity contribution in [2.45, 2.75) is 45.7 Å². The minimum atomic E-state index is 0.107. The zero-order valence-corrected chi connectivity index (χ0v) is 11.1. The van der Waals surface area contributed by atoms with Crippen molar-refractivity contribution < 1.29 is 4.42 Å². The summed E-state index contributed by atoms with van der Waals surface area (Å²) in [5.74, 6) is 1.45. The normalized spacial score (nSPS) is 27.2. The van der Waals surface area contributed by atoms with Crippen molar-refractivity contribution in [1.82, 2.24) is 15.5 Å². The first kappa shape index (κ1) is 12.4. The van der Waals surface area contributed by atoms with Gasteiger partial charge in [0.05, 0.1) is 6.04 Å². The van der Waals surface area contributed by atoms with Crippen molar-refractivity contribution >= 4 is 6.01 Å². The summed E-state index contributed by atoms with van der Waals surface area (Å²) in [5, 5.41) is 11.3. The smallest absolute Gasteiger partial charge is 0.318 e. The molecule has 1 aromatic heterocycles. The van der Waals surface area contributed by atoms with Gasteiger partial charge in [-0.25, -0.2) is 0 Å². The topological polar surface area (TPSA) is 54.2 Å². The minimum absolute atomic E-state index is 0.107. The molecule has 3 unspecified atom stereocenters. The van der Waals surface area contributed by atoms with Crippen molar-refractivity contribution in [3.8, 4) is 0 Å². The Morgan fingerprint density at radius 2 is 2.18 bits per heavy atom. The molecule has 17 heavy (non-hydrogen) atoms. The lowest BCUT2D eigenvalue weighted by Gasteiger charge is -2.34. The highest BCUT2D eigenvalue weighted by Crippen LogP contribution is 2.27. The third-order valence-corrected chi connectivity index (χ3v) is 3.62. The first-order chi connectivity index (χ1) is 8.11. The van der Waals surface area contributed by atoms with Crippen molar-refractivity contribution in [3.05, 3.63) is 5.89 Å². The second-order valence-corrected chi connectivity index (χ2v) is 5.11. The molecule has 1 fully saturated rings. The van der Waals surface area contributed by atoms with Crippen LogP contribution in [0.5, 0.6) is 0 Å². The summed E-state index contributed by atoms with van der Waals surface area (Å²) in [7, 11) is 1.89. The van der Waals surface area contributed by atoms with Gasteiger partial charge in [-0.3, -0.25) is 0 Å². The maximum absolute atomic E-state index is 5.72. The predicted molar refractivity (Wildman–Crippen MR) is 67.0 cm³/mol.